The van der Waals surface area contributed by atoms with Gasteiger partial charge in [-0.3, -0.25) is 4.79 Å². The summed E-state index contributed by atoms with van der Waals surface area (Å²) in [5.41, 5.74) is 1.95. The Kier molecular flexibility index (Phi) is 7.20. The largest absolute Gasteiger partial charge is 0.478 e. The molecule has 12 nitrogen and oxygen atoms in total. The summed E-state index contributed by atoms with van der Waals surface area (Å²) >= 11 is 0. The van der Waals surface area contributed by atoms with Gasteiger partial charge in [-0.05, 0) is 11.6 Å². The highest BCUT2D eigenvalue weighted by Gasteiger charge is 2.43. The van der Waals surface area contributed by atoms with E-state index in [1.165, 1.54) is 17.8 Å². The number of hydrogen-bond donors (Lipinski definition) is 6. The number of carboxylic acids is 1. The molecule has 0 spiro atoms. The first-order chi connectivity index (χ1) is 15.2. The zero-order chi connectivity index (χ0) is 23.4. The zero-order valence-electron chi connectivity index (χ0n) is 17.1. The van der Waals surface area contributed by atoms with Crippen LogP contribution in [0.4, 0.5) is 0 Å². The van der Waals surface area contributed by atoms with Crippen LogP contribution in [0.25, 0.3) is 11.3 Å². The monoisotopic (exact) mass is 448 g/mol. The van der Waals surface area contributed by atoms with Gasteiger partial charge in [0.2, 0.25) is 11.7 Å². The predicted octanol–water partition coefficient (Wildman–Crippen LogP) is -1.61. The maximum absolute atomic E-state index is 11.5. The quantitative estimate of drug-likeness (QED) is 0.274. The fraction of sp³-hybridized carbons (Fsp3) is 0.400. The second kappa shape index (κ2) is 9.87. The molecule has 5 atom stereocenters. The number of hydrogen-bond acceptors (Lipinski definition) is 9. The number of carboxylic acid groups (broad SMARTS) is 1. The van der Waals surface area contributed by atoms with E-state index in [-0.39, 0.29) is 13.2 Å². The highest BCUT2D eigenvalue weighted by Crippen LogP contribution is 2.24. The third-order valence-corrected chi connectivity index (χ3v) is 4.96. The molecule has 1 aromatic carbocycles. The number of ether oxygens (including phenoxy) is 1. The maximum Gasteiger partial charge on any atom is 0.370 e. The average Bonchev–Trinajstić information content (AvgIpc) is 3.22. The number of benzene rings is 1. The standard InChI is InChI=1S/C20H24N4O8/c1-10(26)21-17-14(27)6-16(20(30)31)32-19(17)18(29)15(28)8-24-7-13(22-23-24)12-4-2-11(9-25)3-5-12/h2-7,14-15,17-19,25,27-29H,8-9H2,1H3,(H,21,26)(H,30,31)/t14-,15+,17+,18+,19+/m0/s1. The van der Waals surface area contributed by atoms with E-state index in [0.29, 0.717) is 5.69 Å². The van der Waals surface area contributed by atoms with Crippen LogP contribution in [0.15, 0.2) is 42.3 Å². The summed E-state index contributed by atoms with van der Waals surface area (Å²) in [7, 11) is 0. The van der Waals surface area contributed by atoms with Gasteiger partial charge in [-0.25, -0.2) is 9.48 Å². The lowest BCUT2D eigenvalue weighted by Gasteiger charge is -2.38. The molecule has 32 heavy (non-hydrogen) atoms. The summed E-state index contributed by atoms with van der Waals surface area (Å²) in [6, 6.07) is 5.78. The second-order valence-electron chi connectivity index (χ2n) is 7.37. The number of rotatable bonds is 8. The number of aromatic nitrogens is 3. The number of aliphatic hydroxyl groups excluding tert-OH is 4. The Labute approximate surface area is 182 Å². The Morgan fingerprint density at radius 1 is 1.25 bits per heavy atom. The summed E-state index contributed by atoms with van der Waals surface area (Å²) in [6.45, 7) is 0.873. The fourth-order valence-corrected chi connectivity index (χ4v) is 3.34. The molecule has 3 rings (SSSR count). The van der Waals surface area contributed by atoms with Gasteiger partial charge >= 0.3 is 5.97 Å². The topological polar surface area (TPSA) is 187 Å². The van der Waals surface area contributed by atoms with E-state index in [0.717, 1.165) is 17.2 Å². The smallest absolute Gasteiger partial charge is 0.370 e. The minimum Gasteiger partial charge on any atom is -0.478 e. The molecule has 0 aliphatic carbocycles. The molecular formula is C20H24N4O8. The molecule has 1 aliphatic rings. The van der Waals surface area contributed by atoms with Crippen LogP contribution in [-0.2, 0) is 27.5 Å². The summed E-state index contributed by atoms with van der Waals surface area (Å²) in [4.78, 5) is 22.7. The Hall–Kier alpha value is -3.32. The Balaban J connectivity index is 1.74. The van der Waals surface area contributed by atoms with Gasteiger partial charge < -0.3 is 35.6 Å². The van der Waals surface area contributed by atoms with Crippen LogP contribution in [0.3, 0.4) is 0 Å². The first-order valence-corrected chi connectivity index (χ1v) is 9.73. The number of aliphatic hydroxyl groups is 4. The van der Waals surface area contributed by atoms with Crippen molar-refractivity contribution in [3.8, 4) is 11.3 Å². The van der Waals surface area contributed by atoms with Crippen molar-refractivity contribution >= 4 is 11.9 Å². The van der Waals surface area contributed by atoms with Crippen molar-refractivity contribution < 1.29 is 39.9 Å². The van der Waals surface area contributed by atoms with E-state index >= 15 is 0 Å². The Morgan fingerprint density at radius 2 is 1.94 bits per heavy atom. The number of nitrogens with zero attached hydrogens (tertiary/aromatic N) is 3. The first kappa shape index (κ1) is 23.3. The number of carbonyl (C=O) groups is 2. The number of carbonyl (C=O) groups excluding carboxylic acids is 1. The summed E-state index contributed by atoms with van der Waals surface area (Å²) < 4.78 is 6.54. The van der Waals surface area contributed by atoms with Crippen LogP contribution in [0.1, 0.15) is 12.5 Å². The molecule has 0 saturated carbocycles. The molecule has 0 bridgehead atoms. The summed E-state index contributed by atoms with van der Waals surface area (Å²) in [5.74, 6) is -2.61. The van der Waals surface area contributed by atoms with Crippen LogP contribution in [-0.4, -0.2) is 82.9 Å². The normalized spacial score (nSPS) is 22.4. The third-order valence-electron chi connectivity index (χ3n) is 4.96. The molecule has 0 fully saturated rings. The van der Waals surface area contributed by atoms with E-state index in [4.69, 9.17) is 14.9 Å². The van der Waals surface area contributed by atoms with Crippen molar-refractivity contribution in [2.24, 2.45) is 0 Å². The van der Waals surface area contributed by atoms with Gasteiger partial charge in [0, 0.05) is 12.5 Å². The van der Waals surface area contributed by atoms with Crippen molar-refractivity contribution in [1.82, 2.24) is 20.3 Å². The molecule has 1 aromatic heterocycles. The van der Waals surface area contributed by atoms with Crippen molar-refractivity contribution in [1.29, 1.82) is 0 Å². The lowest BCUT2D eigenvalue weighted by atomic mass is 9.93. The fourth-order valence-electron chi connectivity index (χ4n) is 3.34. The third kappa shape index (κ3) is 5.29. The Bertz CT molecular complexity index is 990. The highest BCUT2D eigenvalue weighted by atomic mass is 16.5. The van der Waals surface area contributed by atoms with E-state index in [1.807, 2.05) is 0 Å². The van der Waals surface area contributed by atoms with Crippen molar-refractivity contribution in [2.75, 3.05) is 0 Å². The first-order valence-electron chi connectivity index (χ1n) is 9.73. The molecule has 12 heteroatoms. The van der Waals surface area contributed by atoms with E-state index in [1.54, 1.807) is 24.3 Å². The van der Waals surface area contributed by atoms with Crippen LogP contribution >= 0.6 is 0 Å². The van der Waals surface area contributed by atoms with Crippen LogP contribution in [0.5, 0.6) is 0 Å². The number of nitrogens with one attached hydrogen (secondary N) is 1. The average molecular weight is 448 g/mol. The van der Waals surface area contributed by atoms with Gasteiger partial charge in [-0.15, -0.1) is 5.10 Å². The molecular weight excluding hydrogens is 424 g/mol. The zero-order valence-corrected chi connectivity index (χ0v) is 17.1. The summed E-state index contributed by atoms with van der Waals surface area (Å²) in [6.07, 6.45) is -3.62. The minimum atomic E-state index is -1.68. The number of amides is 1. The van der Waals surface area contributed by atoms with Gasteiger partial charge in [0.05, 0.1) is 25.4 Å². The van der Waals surface area contributed by atoms with Crippen LogP contribution in [0, 0.1) is 0 Å². The van der Waals surface area contributed by atoms with E-state index in [2.05, 4.69) is 15.6 Å². The molecule has 1 amide bonds. The molecule has 0 unspecified atom stereocenters. The van der Waals surface area contributed by atoms with Crippen molar-refractivity contribution in [2.45, 2.75) is 50.5 Å². The summed E-state index contributed by atoms with van der Waals surface area (Å²) in [5, 5.41) is 60.0. The van der Waals surface area contributed by atoms with Crippen molar-refractivity contribution in [3.05, 3.63) is 47.9 Å². The molecule has 6 N–H and O–H groups in total. The van der Waals surface area contributed by atoms with Gasteiger partial charge in [0.15, 0.2) is 6.10 Å². The van der Waals surface area contributed by atoms with Crippen LogP contribution in [0.2, 0.25) is 0 Å². The minimum absolute atomic E-state index is 0.0900. The molecule has 0 saturated heterocycles. The maximum atomic E-state index is 11.5. The molecule has 2 heterocycles. The highest BCUT2D eigenvalue weighted by molar-refractivity contribution is 5.84. The molecule has 172 valence electrons. The number of aliphatic carboxylic acids is 1. The van der Waals surface area contributed by atoms with E-state index in [9.17, 15) is 24.9 Å². The van der Waals surface area contributed by atoms with Gasteiger partial charge in [0.25, 0.3) is 0 Å². The SMILES string of the molecule is CC(=O)N[C@H]1[C@H]([C@H](O)[C@H](O)Cn2cc(-c3ccc(CO)cc3)nn2)OC(C(=O)O)=C[C@@H]1O. The van der Waals surface area contributed by atoms with Gasteiger partial charge in [-0.2, -0.15) is 0 Å². The lowest BCUT2D eigenvalue weighted by molar-refractivity contribution is -0.148. The molecule has 0 radical (unpaired) electrons. The van der Waals surface area contributed by atoms with Gasteiger partial charge in [0.1, 0.15) is 24.0 Å². The molecule has 1 aliphatic heterocycles. The molecule has 2 aromatic rings. The van der Waals surface area contributed by atoms with Gasteiger partial charge in [-0.1, -0.05) is 29.5 Å². The predicted molar refractivity (Wildman–Crippen MR) is 108 cm³/mol. The second-order valence-corrected chi connectivity index (χ2v) is 7.37. The van der Waals surface area contributed by atoms with Crippen LogP contribution < -0.4 is 5.32 Å². The van der Waals surface area contributed by atoms with E-state index < -0.39 is 48.1 Å². The Morgan fingerprint density at radius 3 is 2.53 bits per heavy atom. The lowest BCUT2D eigenvalue weighted by Crippen LogP contribution is -2.59. The van der Waals surface area contributed by atoms with Crippen molar-refractivity contribution in [3.63, 3.8) is 0 Å².